The average Bonchev–Trinajstić information content (AvgIpc) is 2.22. The van der Waals surface area contributed by atoms with E-state index >= 15 is 0 Å². The van der Waals surface area contributed by atoms with Gasteiger partial charge in [0.05, 0.1) is 0 Å². The molecule has 1 aromatic rings. The summed E-state index contributed by atoms with van der Waals surface area (Å²) in [6, 6.07) is 3.32. The Labute approximate surface area is 96.5 Å². The maximum atomic E-state index is 13.4. The van der Waals surface area contributed by atoms with Crippen molar-refractivity contribution in [3.63, 3.8) is 0 Å². The summed E-state index contributed by atoms with van der Waals surface area (Å²) in [5.41, 5.74) is 0. The average molecular weight is 262 g/mol. The van der Waals surface area contributed by atoms with Crippen molar-refractivity contribution in [3.05, 3.63) is 23.8 Å². The van der Waals surface area contributed by atoms with Gasteiger partial charge in [-0.25, -0.2) is 17.9 Å². The Bertz CT molecular complexity index is 581. The zero-order valence-corrected chi connectivity index (χ0v) is 9.46. The normalized spacial score (nSPS) is 12.9. The van der Waals surface area contributed by atoms with E-state index in [2.05, 4.69) is 5.14 Å². The number of benzene rings is 1. The molecule has 0 aromatic heterocycles. The van der Waals surface area contributed by atoms with Gasteiger partial charge in [0, 0.05) is 0 Å². The van der Waals surface area contributed by atoms with Gasteiger partial charge >= 0.3 is 0 Å². The van der Waals surface area contributed by atoms with Gasteiger partial charge in [-0.2, -0.15) is 9.65 Å². The SMILES string of the molecule is CC(C#N)Oc1ccc(S(N)(=O)=O)c(F)c1F. The second kappa shape index (κ2) is 4.65. The summed E-state index contributed by atoms with van der Waals surface area (Å²) in [7, 11) is -4.34. The molecule has 0 saturated heterocycles. The van der Waals surface area contributed by atoms with Gasteiger partial charge in [-0.05, 0) is 19.1 Å². The number of nitrogens with zero attached hydrogens (tertiary/aromatic N) is 1. The lowest BCUT2D eigenvalue weighted by molar-refractivity contribution is 0.257. The second-order valence-corrected chi connectivity index (χ2v) is 4.65. The number of primary sulfonamides is 1. The van der Waals surface area contributed by atoms with Gasteiger partial charge in [-0.15, -0.1) is 0 Å². The van der Waals surface area contributed by atoms with Crippen molar-refractivity contribution in [1.82, 2.24) is 0 Å². The van der Waals surface area contributed by atoms with Crippen LogP contribution in [0.4, 0.5) is 8.78 Å². The number of rotatable bonds is 3. The molecule has 1 rings (SSSR count). The predicted molar refractivity (Wildman–Crippen MR) is 53.4 cm³/mol. The second-order valence-electron chi connectivity index (χ2n) is 3.12. The highest BCUT2D eigenvalue weighted by Crippen LogP contribution is 2.25. The van der Waals surface area contributed by atoms with Crippen LogP contribution in [0.2, 0.25) is 0 Å². The van der Waals surface area contributed by atoms with Crippen LogP contribution < -0.4 is 9.88 Å². The van der Waals surface area contributed by atoms with Crippen molar-refractivity contribution in [2.75, 3.05) is 0 Å². The van der Waals surface area contributed by atoms with Crippen LogP contribution in [0.1, 0.15) is 6.92 Å². The summed E-state index contributed by atoms with van der Waals surface area (Å²) in [6.45, 7) is 1.32. The van der Waals surface area contributed by atoms with E-state index in [1.807, 2.05) is 0 Å². The molecule has 5 nitrogen and oxygen atoms in total. The number of sulfonamides is 1. The Balaban J connectivity index is 3.26. The Morgan fingerprint density at radius 1 is 1.41 bits per heavy atom. The Hall–Kier alpha value is -1.72. The third-order valence-corrected chi connectivity index (χ3v) is 2.73. The fourth-order valence-corrected chi connectivity index (χ4v) is 1.64. The van der Waals surface area contributed by atoms with Crippen molar-refractivity contribution < 1.29 is 21.9 Å². The topological polar surface area (TPSA) is 93.2 Å². The first kappa shape index (κ1) is 13.3. The van der Waals surface area contributed by atoms with Crippen molar-refractivity contribution in [2.45, 2.75) is 17.9 Å². The van der Waals surface area contributed by atoms with E-state index in [0.717, 1.165) is 12.1 Å². The molecule has 17 heavy (non-hydrogen) atoms. The van der Waals surface area contributed by atoms with Gasteiger partial charge in [0.1, 0.15) is 11.0 Å². The fourth-order valence-electron chi connectivity index (χ4n) is 1.04. The lowest BCUT2D eigenvalue weighted by Gasteiger charge is -2.10. The van der Waals surface area contributed by atoms with Gasteiger partial charge in [0.2, 0.25) is 15.8 Å². The molecule has 2 N–H and O–H groups in total. The Morgan fingerprint density at radius 2 is 2.00 bits per heavy atom. The monoisotopic (exact) mass is 262 g/mol. The molecule has 0 aliphatic rings. The summed E-state index contributed by atoms with van der Waals surface area (Å²) in [5.74, 6) is -3.68. The molecule has 0 radical (unpaired) electrons. The molecule has 1 atom stereocenters. The van der Waals surface area contributed by atoms with Crippen LogP contribution in [-0.4, -0.2) is 14.5 Å². The number of ether oxygens (including phenoxy) is 1. The minimum Gasteiger partial charge on any atom is -0.473 e. The first-order valence-electron chi connectivity index (χ1n) is 4.34. The highest BCUT2D eigenvalue weighted by Gasteiger charge is 2.22. The molecule has 0 aliphatic carbocycles. The molecule has 0 aliphatic heterocycles. The zero-order valence-electron chi connectivity index (χ0n) is 8.65. The maximum Gasteiger partial charge on any atom is 0.241 e. The van der Waals surface area contributed by atoms with Crippen LogP contribution in [0.3, 0.4) is 0 Å². The van der Waals surface area contributed by atoms with Crippen molar-refractivity contribution >= 4 is 10.0 Å². The van der Waals surface area contributed by atoms with Crippen LogP contribution in [-0.2, 0) is 10.0 Å². The van der Waals surface area contributed by atoms with Crippen molar-refractivity contribution in [3.8, 4) is 11.8 Å². The highest BCUT2D eigenvalue weighted by atomic mass is 32.2. The summed E-state index contributed by atoms with van der Waals surface area (Å²) in [5, 5.41) is 13.1. The highest BCUT2D eigenvalue weighted by molar-refractivity contribution is 7.89. The molecular formula is C9H8F2N2O3S. The largest absolute Gasteiger partial charge is 0.473 e. The summed E-state index contributed by atoms with van der Waals surface area (Å²) >= 11 is 0. The van der Waals surface area contributed by atoms with E-state index in [9.17, 15) is 17.2 Å². The minimum atomic E-state index is -4.34. The quantitative estimate of drug-likeness (QED) is 0.875. The fraction of sp³-hybridized carbons (Fsp3) is 0.222. The molecule has 92 valence electrons. The molecule has 0 saturated carbocycles. The van der Waals surface area contributed by atoms with Gasteiger partial charge in [-0.1, -0.05) is 0 Å². The summed E-state index contributed by atoms with van der Waals surface area (Å²) < 4.78 is 53.2. The smallest absolute Gasteiger partial charge is 0.241 e. The van der Waals surface area contributed by atoms with E-state index in [0.29, 0.717) is 0 Å². The number of nitrogens with two attached hydrogens (primary N) is 1. The number of hydrogen-bond donors (Lipinski definition) is 1. The van der Waals surface area contributed by atoms with Gasteiger partial charge in [-0.3, -0.25) is 0 Å². The Morgan fingerprint density at radius 3 is 2.47 bits per heavy atom. The predicted octanol–water partition coefficient (Wildman–Crippen LogP) is 0.903. The maximum absolute atomic E-state index is 13.4. The minimum absolute atomic E-state index is 0.552. The third kappa shape index (κ3) is 2.89. The lowest BCUT2D eigenvalue weighted by Crippen LogP contribution is -2.16. The summed E-state index contributed by atoms with van der Waals surface area (Å²) in [6.07, 6.45) is -0.996. The molecule has 0 fully saturated rings. The van der Waals surface area contributed by atoms with Crippen LogP contribution in [0.15, 0.2) is 17.0 Å². The molecule has 0 bridgehead atoms. The first-order chi connectivity index (χ1) is 7.77. The van der Waals surface area contributed by atoms with Crippen molar-refractivity contribution in [2.24, 2.45) is 5.14 Å². The van der Waals surface area contributed by atoms with E-state index in [1.165, 1.54) is 6.92 Å². The van der Waals surface area contributed by atoms with Gasteiger partial charge < -0.3 is 4.74 Å². The molecule has 1 unspecified atom stereocenters. The molecular weight excluding hydrogens is 254 g/mol. The number of hydrogen-bond acceptors (Lipinski definition) is 4. The van der Waals surface area contributed by atoms with Crippen LogP contribution >= 0.6 is 0 Å². The first-order valence-corrected chi connectivity index (χ1v) is 5.89. The van der Waals surface area contributed by atoms with Crippen LogP contribution in [0.5, 0.6) is 5.75 Å². The Kier molecular flexibility index (Phi) is 3.65. The zero-order chi connectivity index (χ0) is 13.2. The molecule has 0 spiro atoms. The van der Waals surface area contributed by atoms with Gasteiger partial charge in [0.15, 0.2) is 17.7 Å². The standard InChI is InChI=1S/C9H8F2N2O3S/c1-5(4-12)16-6-2-3-7(17(13,14)15)9(11)8(6)10/h2-3,5H,1H3,(H2,13,14,15). The van der Waals surface area contributed by atoms with Crippen LogP contribution in [0, 0.1) is 23.0 Å². The van der Waals surface area contributed by atoms with Crippen molar-refractivity contribution in [1.29, 1.82) is 5.26 Å². The summed E-state index contributed by atoms with van der Waals surface area (Å²) in [4.78, 5) is -0.966. The van der Waals surface area contributed by atoms with E-state index in [-0.39, 0.29) is 0 Å². The molecule has 8 heteroatoms. The molecule has 0 heterocycles. The molecule has 1 aromatic carbocycles. The van der Waals surface area contributed by atoms with E-state index in [1.54, 1.807) is 6.07 Å². The van der Waals surface area contributed by atoms with Crippen LogP contribution in [0.25, 0.3) is 0 Å². The lowest BCUT2D eigenvalue weighted by atomic mass is 10.3. The molecule has 0 amide bonds. The van der Waals surface area contributed by atoms with E-state index < -0.39 is 38.4 Å². The number of nitriles is 1. The van der Waals surface area contributed by atoms with E-state index in [4.69, 9.17) is 10.00 Å². The van der Waals surface area contributed by atoms with Gasteiger partial charge in [0.25, 0.3) is 0 Å². The number of halogens is 2. The third-order valence-electron chi connectivity index (χ3n) is 1.80.